The summed E-state index contributed by atoms with van der Waals surface area (Å²) in [5.74, 6) is 0.375. The van der Waals surface area contributed by atoms with Gasteiger partial charge in [-0.3, -0.25) is 9.59 Å². The summed E-state index contributed by atoms with van der Waals surface area (Å²) < 4.78 is 5.37. The molecular weight excluding hydrogens is 340 g/mol. The standard InChI is InChI=1S/C23H42O4/c1-5-6-7-8-9-18-27-23(26)21(4)15-11-14-19(2)12-10-13-20(3)16-17-22(24)25/h5,19-21H,1,6-18H2,2-4H3,(H,24,25)/t19-,20+,21-/m1/s1. The van der Waals surface area contributed by atoms with Crippen molar-refractivity contribution in [3.63, 3.8) is 0 Å². The van der Waals surface area contributed by atoms with Crippen LogP contribution >= 0.6 is 0 Å². The molecule has 1 N–H and O–H groups in total. The Balaban J connectivity index is 3.65. The van der Waals surface area contributed by atoms with Gasteiger partial charge in [-0.15, -0.1) is 6.58 Å². The summed E-state index contributed by atoms with van der Waals surface area (Å²) in [6.07, 6.45) is 13.7. The van der Waals surface area contributed by atoms with E-state index in [0.29, 0.717) is 18.4 Å². The molecule has 0 radical (unpaired) electrons. The monoisotopic (exact) mass is 382 g/mol. The molecule has 0 unspecified atom stereocenters. The fraction of sp³-hybridized carbons (Fsp3) is 0.826. The normalized spacial score (nSPS) is 14.3. The van der Waals surface area contributed by atoms with Crippen LogP contribution in [0.15, 0.2) is 12.7 Å². The molecule has 4 nitrogen and oxygen atoms in total. The Labute approximate surface area is 166 Å². The zero-order valence-corrected chi connectivity index (χ0v) is 17.9. The summed E-state index contributed by atoms with van der Waals surface area (Å²) in [5.41, 5.74) is 0. The van der Waals surface area contributed by atoms with Crippen molar-refractivity contribution in [2.75, 3.05) is 6.61 Å². The first-order valence-corrected chi connectivity index (χ1v) is 10.9. The number of hydrogen-bond acceptors (Lipinski definition) is 3. The Hall–Kier alpha value is -1.32. The number of aliphatic carboxylic acids is 1. The van der Waals surface area contributed by atoms with Crippen LogP contribution in [0.2, 0.25) is 0 Å². The van der Waals surface area contributed by atoms with Crippen molar-refractivity contribution in [1.82, 2.24) is 0 Å². The van der Waals surface area contributed by atoms with Crippen LogP contribution in [0.5, 0.6) is 0 Å². The predicted molar refractivity (Wildman–Crippen MR) is 112 cm³/mol. The zero-order chi connectivity index (χ0) is 20.5. The van der Waals surface area contributed by atoms with E-state index in [-0.39, 0.29) is 18.3 Å². The van der Waals surface area contributed by atoms with Gasteiger partial charge in [0.15, 0.2) is 0 Å². The second-order valence-electron chi connectivity index (χ2n) is 8.21. The van der Waals surface area contributed by atoms with Gasteiger partial charge in [0.2, 0.25) is 0 Å². The molecule has 158 valence electrons. The largest absolute Gasteiger partial charge is 0.481 e. The Morgan fingerprint density at radius 1 is 0.889 bits per heavy atom. The number of hydrogen-bond donors (Lipinski definition) is 1. The highest BCUT2D eigenvalue weighted by molar-refractivity contribution is 5.71. The maximum atomic E-state index is 12.0. The number of carboxylic acids is 1. The van der Waals surface area contributed by atoms with Crippen LogP contribution in [0.4, 0.5) is 0 Å². The van der Waals surface area contributed by atoms with Crippen LogP contribution in [0.3, 0.4) is 0 Å². The Bertz CT molecular complexity index is 405. The summed E-state index contributed by atoms with van der Waals surface area (Å²) in [6, 6.07) is 0. The van der Waals surface area contributed by atoms with E-state index in [1.807, 2.05) is 13.0 Å². The maximum Gasteiger partial charge on any atom is 0.308 e. The van der Waals surface area contributed by atoms with Gasteiger partial charge < -0.3 is 9.84 Å². The Morgan fingerprint density at radius 3 is 2.07 bits per heavy atom. The molecule has 0 aromatic rings. The van der Waals surface area contributed by atoms with E-state index in [0.717, 1.165) is 64.2 Å². The smallest absolute Gasteiger partial charge is 0.308 e. The quantitative estimate of drug-likeness (QED) is 0.169. The summed E-state index contributed by atoms with van der Waals surface area (Å²) >= 11 is 0. The first-order valence-electron chi connectivity index (χ1n) is 10.9. The van der Waals surface area contributed by atoms with Crippen molar-refractivity contribution in [1.29, 1.82) is 0 Å². The van der Waals surface area contributed by atoms with Gasteiger partial charge in [-0.2, -0.15) is 0 Å². The summed E-state index contributed by atoms with van der Waals surface area (Å²) in [6.45, 7) is 10.6. The van der Waals surface area contributed by atoms with Gasteiger partial charge in [0, 0.05) is 6.42 Å². The lowest BCUT2D eigenvalue weighted by atomic mass is 9.92. The summed E-state index contributed by atoms with van der Waals surface area (Å²) in [4.78, 5) is 22.6. The minimum absolute atomic E-state index is 0.0126. The van der Waals surface area contributed by atoms with E-state index in [9.17, 15) is 9.59 Å². The van der Waals surface area contributed by atoms with E-state index in [2.05, 4.69) is 20.4 Å². The lowest BCUT2D eigenvalue weighted by Gasteiger charge is -2.15. The van der Waals surface area contributed by atoms with Crippen molar-refractivity contribution < 1.29 is 19.4 Å². The molecular formula is C23H42O4. The molecule has 0 saturated carbocycles. The van der Waals surface area contributed by atoms with Crippen molar-refractivity contribution in [3.05, 3.63) is 12.7 Å². The highest BCUT2D eigenvalue weighted by Gasteiger charge is 2.15. The van der Waals surface area contributed by atoms with Gasteiger partial charge in [-0.25, -0.2) is 0 Å². The molecule has 0 aliphatic carbocycles. The van der Waals surface area contributed by atoms with Crippen molar-refractivity contribution >= 4 is 11.9 Å². The molecule has 0 fully saturated rings. The lowest BCUT2D eigenvalue weighted by molar-refractivity contribution is -0.148. The van der Waals surface area contributed by atoms with Crippen molar-refractivity contribution in [2.45, 2.75) is 97.8 Å². The second kappa shape index (κ2) is 16.8. The lowest BCUT2D eigenvalue weighted by Crippen LogP contribution is -2.15. The number of carbonyl (C=O) groups is 2. The number of rotatable bonds is 18. The van der Waals surface area contributed by atoms with E-state index in [1.165, 1.54) is 6.42 Å². The van der Waals surface area contributed by atoms with Gasteiger partial charge in [-0.1, -0.05) is 59.0 Å². The van der Waals surface area contributed by atoms with Gasteiger partial charge in [0.25, 0.3) is 0 Å². The minimum Gasteiger partial charge on any atom is -0.481 e. The van der Waals surface area contributed by atoms with Gasteiger partial charge in [0.1, 0.15) is 0 Å². The molecule has 3 atom stereocenters. The molecule has 0 bridgehead atoms. The van der Waals surface area contributed by atoms with Gasteiger partial charge >= 0.3 is 11.9 Å². The molecule has 4 heteroatoms. The molecule has 0 saturated heterocycles. The molecule has 0 spiro atoms. The molecule has 0 aromatic heterocycles. The molecule has 0 heterocycles. The highest BCUT2D eigenvalue weighted by Crippen LogP contribution is 2.21. The molecule has 0 aliphatic heterocycles. The number of unbranched alkanes of at least 4 members (excludes halogenated alkanes) is 3. The molecule has 0 aliphatic rings. The van der Waals surface area contributed by atoms with E-state index in [1.54, 1.807) is 0 Å². The average Bonchev–Trinajstić information content (AvgIpc) is 2.62. The Kier molecular flexibility index (Phi) is 16.0. The Morgan fingerprint density at radius 2 is 1.48 bits per heavy atom. The van der Waals surface area contributed by atoms with Crippen LogP contribution in [0.1, 0.15) is 97.8 Å². The van der Waals surface area contributed by atoms with Crippen LogP contribution in [0.25, 0.3) is 0 Å². The maximum absolute atomic E-state index is 12.0. The number of esters is 1. The predicted octanol–water partition coefficient (Wildman–Crippen LogP) is 6.39. The SMILES string of the molecule is C=CCCCCCOC(=O)[C@H](C)CCC[C@H](C)CCC[C@H](C)CCC(=O)O. The van der Waals surface area contributed by atoms with E-state index in [4.69, 9.17) is 9.84 Å². The highest BCUT2D eigenvalue weighted by atomic mass is 16.5. The van der Waals surface area contributed by atoms with E-state index < -0.39 is 5.97 Å². The second-order valence-corrected chi connectivity index (χ2v) is 8.21. The number of carbonyl (C=O) groups excluding carboxylic acids is 1. The van der Waals surface area contributed by atoms with Crippen molar-refractivity contribution in [3.8, 4) is 0 Å². The zero-order valence-electron chi connectivity index (χ0n) is 17.9. The van der Waals surface area contributed by atoms with Crippen LogP contribution in [0, 0.1) is 17.8 Å². The molecule has 0 rings (SSSR count). The van der Waals surface area contributed by atoms with Gasteiger partial charge in [0.05, 0.1) is 12.5 Å². The molecule has 0 aromatic carbocycles. The fourth-order valence-electron chi connectivity index (χ4n) is 3.25. The first-order chi connectivity index (χ1) is 12.9. The molecule has 0 amide bonds. The van der Waals surface area contributed by atoms with Crippen LogP contribution in [-0.2, 0) is 14.3 Å². The number of carboxylic acid groups (broad SMARTS) is 1. The molecule has 27 heavy (non-hydrogen) atoms. The van der Waals surface area contributed by atoms with E-state index >= 15 is 0 Å². The average molecular weight is 383 g/mol. The summed E-state index contributed by atoms with van der Waals surface area (Å²) in [5, 5.41) is 8.71. The third-order valence-corrected chi connectivity index (χ3v) is 5.28. The van der Waals surface area contributed by atoms with Crippen LogP contribution in [-0.4, -0.2) is 23.7 Å². The number of allylic oxidation sites excluding steroid dienone is 1. The first kappa shape index (κ1) is 25.7. The minimum atomic E-state index is -0.699. The van der Waals surface area contributed by atoms with Crippen molar-refractivity contribution in [2.24, 2.45) is 17.8 Å². The fourth-order valence-corrected chi connectivity index (χ4v) is 3.25. The third kappa shape index (κ3) is 16.6. The third-order valence-electron chi connectivity index (χ3n) is 5.28. The number of ether oxygens (including phenoxy) is 1. The van der Waals surface area contributed by atoms with Gasteiger partial charge in [-0.05, 0) is 50.4 Å². The summed E-state index contributed by atoms with van der Waals surface area (Å²) in [7, 11) is 0. The topological polar surface area (TPSA) is 63.6 Å². The van der Waals surface area contributed by atoms with Crippen LogP contribution < -0.4 is 0 Å².